The van der Waals surface area contributed by atoms with Crippen molar-refractivity contribution in [2.24, 2.45) is 5.92 Å². The van der Waals surface area contributed by atoms with E-state index in [9.17, 15) is 9.59 Å². The highest BCUT2D eigenvalue weighted by molar-refractivity contribution is 5.96. The van der Waals surface area contributed by atoms with E-state index < -0.39 is 0 Å². The molecular weight excluding hydrogens is 350 g/mol. The van der Waals surface area contributed by atoms with E-state index in [1.165, 1.54) is 5.56 Å². The summed E-state index contributed by atoms with van der Waals surface area (Å²) in [4.78, 5) is 29.3. The summed E-state index contributed by atoms with van der Waals surface area (Å²) in [6.07, 6.45) is 0.989. The molecule has 0 aliphatic carbocycles. The summed E-state index contributed by atoms with van der Waals surface area (Å²) in [5.74, 6) is 0.691. The van der Waals surface area contributed by atoms with Crippen LogP contribution in [0.25, 0.3) is 0 Å². The minimum Gasteiger partial charge on any atom is -0.343 e. The highest BCUT2D eigenvalue weighted by Crippen LogP contribution is 2.40. The van der Waals surface area contributed by atoms with Crippen LogP contribution in [0.1, 0.15) is 28.3 Å². The number of rotatable bonds is 4. The first-order chi connectivity index (χ1) is 13.6. The molecule has 0 unspecified atom stereocenters. The van der Waals surface area contributed by atoms with Gasteiger partial charge in [0, 0.05) is 43.1 Å². The van der Waals surface area contributed by atoms with Gasteiger partial charge < -0.3 is 15.1 Å². The average Bonchev–Trinajstić information content (AvgIpc) is 3.09. The van der Waals surface area contributed by atoms with Crippen LogP contribution in [0.4, 0.5) is 0 Å². The molecule has 0 aromatic heterocycles. The molecule has 2 aromatic rings. The van der Waals surface area contributed by atoms with E-state index in [0.717, 1.165) is 26.1 Å². The number of nitrogens with zero attached hydrogens (tertiary/aromatic N) is 2. The van der Waals surface area contributed by atoms with E-state index in [-0.39, 0.29) is 18.4 Å². The second-order valence-electron chi connectivity index (χ2n) is 7.87. The van der Waals surface area contributed by atoms with Crippen molar-refractivity contribution in [2.75, 3.05) is 33.2 Å². The van der Waals surface area contributed by atoms with Gasteiger partial charge in [0.2, 0.25) is 5.91 Å². The van der Waals surface area contributed by atoms with Crippen LogP contribution in [-0.2, 0) is 4.79 Å². The molecule has 0 radical (unpaired) electrons. The van der Waals surface area contributed by atoms with Crippen LogP contribution in [0.5, 0.6) is 0 Å². The third-order valence-electron chi connectivity index (χ3n) is 6.20. The maximum absolute atomic E-state index is 12.7. The summed E-state index contributed by atoms with van der Waals surface area (Å²) in [6, 6.07) is 20.2. The number of carbonyl (C=O) groups is 2. The third-order valence-corrected chi connectivity index (χ3v) is 6.20. The lowest BCUT2D eigenvalue weighted by molar-refractivity contribution is -0.132. The Hall–Kier alpha value is -2.66. The molecule has 2 amide bonds. The topological polar surface area (TPSA) is 52.6 Å². The molecule has 1 N–H and O–H groups in total. The first-order valence-corrected chi connectivity index (χ1v) is 9.99. The molecule has 28 heavy (non-hydrogen) atoms. The van der Waals surface area contributed by atoms with E-state index in [1.54, 1.807) is 12.1 Å². The second-order valence-corrected chi connectivity index (χ2v) is 7.87. The lowest BCUT2D eigenvalue weighted by Gasteiger charge is -2.38. The fraction of sp³-hybridized carbons (Fsp3) is 0.391. The normalized spacial score (nSPS) is 24.6. The zero-order valence-electron chi connectivity index (χ0n) is 16.3. The maximum Gasteiger partial charge on any atom is 0.251 e. The molecule has 5 heteroatoms. The number of likely N-dealkylation sites (N-methyl/N-ethyl adjacent to an activating group) is 1. The molecular formula is C23H27N3O2. The quantitative estimate of drug-likeness (QED) is 0.890. The number of nitrogens with one attached hydrogen (secondary N) is 1. The van der Waals surface area contributed by atoms with E-state index in [0.29, 0.717) is 23.4 Å². The van der Waals surface area contributed by atoms with Crippen molar-refractivity contribution in [1.82, 2.24) is 15.1 Å². The van der Waals surface area contributed by atoms with Crippen molar-refractivity contribution in [1.29, 1.82) is 0 Å². The predicted octanol–water partition coefficient (Wildman–Crippen LogP) is 2.36. The van der Waals surface area contributed by atoms with Crippen molar-refractivity contribution in [2.45, 2.75) is 18.4 Å². The number of fused-ring (bicyclic) bond motifs is 1. The summed E-state index contributed by atoms with van der Waals surface area (Å²) in [5, 5.41) is 2.77. The average molecular weight is 377 g/mol. The summed E-state index contributed by atoms with van der Waals surface area (Å²) in [6.45, 7) is 2.60. The van der Waals surface area contributed by atoms with Crippen LogP contribution in [0.2, 0.25) is 0 Å². The van der Waals surface area contributed by atoms with Crippen molar-refractivity contribution < 1.29 is 9.59 Å². The Morgan fingerprint density at radius 2 is 1.68 bits per heavy atom. The van der Waals surface area contributed by atoms with Crippen LogP contribution in [0.3, 0.4) is 0 Å². The molecule has 146 valence electrons. The Labute approximate surface area is 166 Å². The zero-order chi connectivity index (χ0) is 19.5. The number of likely N-dealkylation sites (tertiary alicyclic amines) is 2. The van der Waals surface area contributed by atoms with Crippen molar-refractivity contribution >= 4 is 11.8 Å². The summed E-state index contributed by atoms with van der Waals surface area (Å²) >= 11 is 0. The molecule has 2 aliphatic rings. The SMILES string of the molecule is CN1C[C@H](c2ccccc2)[C@H]2CN(C(=O)CNC(=O)c3ccccc3)CC[C@H]21. The minimum absolute atomic E-state index is 0.00379. The van der Waals surface area contributed by atoms with Gasteiger partial charge in [0.25, 0.3) is 5.91 Å². The van der Waals surface area contributed by atoms with Gasteiger partial charge in [-0.2, -0.15) is 0 Å². The number of benzene rings is 2. The van der Waals surface area contributed by atoms with Gasteiger partial charge in [0.1, 0.15) is 0 Å². The molecule has 3 atom stereocenters. The molecule has 0 spiro atoms. The van der Waals surface area contributed by atoms with Crippen LogP contribution in [-0.4, -0.2) is 60.9 Å². The van der Waals surface area contributed by atoms with Crippen LogP contribution >= 0.6 is 0 Å². The lowest BCUT2D eigenvalue weighted by Crippen LogP contribution is -2.50. The minimum atomic E-state index is -0.202. The number of hydrogen-bond acceptors (Lipinski definition) is 3. The van der Waals surface area contributed by atoms with Gasteiger partial charge in [-0.3, -0.25) is 9.59 Å². The smallest absolute Gasteiger partial charge is 0.251 e. The Kier molecular flexibility index (Phi) is 5.44. The fourth-order valence-corrected chi connectivity index (χ4v) is 4.73. The summed E-state index contributed by atoms with van der Waals surface area (Å²) in [7, 11) is 2.19. The molecule has 2 aliphatic heterocycles. The van der Waals surface area contributed by atoms with Crippen molar-refractivity contribution in [3.8, 4) is 0 Å². The van der Waals surface area contributed by atoms with Gasteiger partial charge in [-0.05, 0) is 31.2 Å². The summed E-state index contributed by atoms with van der Waals surface area (Å²) in [5.41, 5.74) is 1.93. The van der Waals surface area contributed by atoms with Crippen LogP contribution in [0, 0.1) is 5.92 Å². The fourth-order valence-electron chi connectivity index (χ4n) is 4.73. The first-order valence-electron chi connectivity index (χ1n) is 9.99. The van der Waals surface area contributed by atoms with Gasteiger partial charge in [-0.25, -0.2) is 0 Å². The first kappa shape index (κ1) is 18.7. The Morgan fingerprint density at radius 3 is 2.39 bits per heavy atom. The van der Waals surface area contributed by atoms with Crippen LogP contribution in [0.15, 0.2) is 60.7 Å². The maximum atomic E-state index is 12.7. The molecule has 2 fully saturated rings. The van der Waals surface area contributed by atoms with Gasteiger partial charge in [0.05, 0.1) is 6.54 Å². The number of amides is 2. The van der Waals surface area contributed by atoms with E-state index >= 15 is 0 Å². The van der Waals surface area contributed by atoms with E-state index in [1.807, 2.05) is 29.2 Å². The highest BCUT2D eigenvalue weighted by atomic mass is 16.2. The van der Waals surface area contributed by atoms with Crippen molar-refractivity contribution in [3.05, 3.63) is 71.8 Å². The lowest BCUT2D eigenvalue weighted by atomic mass is 9.82. The highest BCUT2D eigenvalue weighted by Gasteiger charge is 2.44. The van der Waals surface area contributed by atoms with E-state index in [2.05, 4.69) is 41.5 Å². The molecule has 0 bridgehead atoms. The standard InChI is InChI=1S/C23H27N3O2/c1-25-15-19(17-8-4-2-5-9-17)20-16-26(13-12-21(20)25)22(27)14-24-23(28)18-10-6-3-7-11-18/h2-11,19-21H,12-16H2,1H3,(H,24,28)/t19-,20-,21-/m1/s1. The Bertz CT molecular complexity index is 824. The van der Waals surface area contributed by atoms with Gasteiger partial charge in [-0.1, -0.05) is 48.5 Å². The summed E-state index contributed by atoms with van der Waals surface area (Å²) < 4.78 is 0. The molecule has 2 heterocycles. The van der Waals surface area contributed by atoms with Gasteiger partial charge in [-0.15, -0.1) is 0 Å². The van der Waals surface area contributed by atoms with E-state index in [4.69, 9.17) is 0 Å². The predicted molar refractivity (Wildman–Crippen MR) is 109 cm³/mol. The third kappa shape index (κ3) is 3.80. The van der Waals surface area contributed by atoms with Gasteiger partial charge >= 0.3 is 0 Å². The Balaban J connectivity index is 1.38. The number of hydrogen-bond donors (Lipinski definition) is 1. The van der Waals surface area contributed by atoms with Crippen molar-refractivity contribution in [3.63, 3.8) is 0 Å². The largest absolute Gasteiger partial charge is 0.343 e. The molecule has 2 aromatic carbocycles. The second kappa shape index (κ2) is 8.15. The molecule has 5 nitrogen and oxygen atoms in total. The molecule has 4 rings (SSSR count). The van der Waals surface area contributed by atoms with Gasteiger partial charge in [0.15, 0.2) is 0 Å². The number of carbonyl (C=O) groups excluding carboxylic acids is 2. The zero-order valence-corrected chi connectivity index (χ0v) is 16.3. The van der Waals surface area contributed by atoms with Crippen LogP contribution < -0.4 is 5.32 Å². The molecule has 0 saturated carbocycles. The number of piperidine rings is 1. The molecule has 2 saturated heterocycles. The monoisotopic (exact) mass is 377 g/mol. The Morgan fingerprint density at radius 1 is 1.00 bits per heavy atom.